The molecule has 0 fully saturated rings. The van der Waals surface area contributed by atoms with Crippen molar-refractivity contribution in [3.8, 4) is 0 Å². The van der Waals surface area contributed by atoms with Gasteiger partial charge in [0.15, 0.2) is 0 Å². The smallest absolute Gasteiger partial charge is 0.309 e. The van der Waals surface area contributed by atoms with E-state index in [1.165, 1.54) is 61.0 Å². The minimum absolute atomic E-state index is 0.563. The highest BCUT2D eigenvalue weighted by Crippen LogP contribution is 2.34. The lowest BCUT2D eigenvalue weighted by molar-refractivity contribution is -0.0893. The highest BCUT2D eigenvalue weighted by Gasteiger charge is 2.36. The summed E-state index contributed by atoms with van der Waals surface area (Å²) in [5.74, 6) is 0. The highest BCUT2D eigenvalue weighted by molar-refractivity contribution is 6.47. The van der Waals surface area contributed by atoms with E-state index < -0.39 is 11.2 Å². The van der Waals surface area contributed by atoms with E-state index in [1.807, 2.05) is 27.7 Å². The molecule has 2 aliphatic heterocycles. The summed E-state index contributed by atoms with van der Waals surface area (Å²) < 4.78 is 6.05. The molecular weight excluding hydrogens is 273 g/mol. The van der Waals surface area contributed by atoms with Crippen molar-refractivity contribution < 1.29 is 9.76 Å². The molecule has 120 valence electrons. The van der Waals surface area contributed by atoms with E-state index in [0.717, 1.165) is 0 Å². The molecule has 0 saturated heterocycles. The molecule has 0 amide bonds. The van der Waals surface area contributed by atoms with Crippen LogP contribution in [0.1, 0.15) is 51.7 Å². The fourth-order valence-electron chi connectivity index (χ4n) is 3.40. The van der Waals surface area contributed by atoms with Crippen LogP contribution in [-0.2, 0) is 17.5 Å². The number of hydrogen-bond acceptors (Lipinski definition) is 3. The maximum Gasteiger partial charge on any atom is 0.309 e. The quantitative estimate of drug-likeness (QED) is 0.863. The van der Waals surface area contributed by atoms with Gasteiger partial charge in [0.2, 0.25) is 0 Å². The number of aryl methyl sites for hydroxylation is 2. The van der Waals surface area contributed by atoms with Crippen molar-refractivity contribution in [1.82, 2.24) is 0 Å². The molecule has 1 N–H and O–H groups in total. The number of nitrogens with zero attached hydrogens (tertiary/aromatic N) is 1. The van der Waals surface area contributed by atoms with Crippen LogP contribution in [0.25, 0.3) is 0 Å². The lowest BCUT2D eigenvalue weighted by Crippen LogP contribution is -2.49. The Morgan fingerprint density at radius 3 is 2.09 bits per heavy atom. The Morgan fingerprint density at radius 2 is 1.59 bits per heavy atom. The summed E-state index contributed by atoms with van der Waals surface area (Å²) in [5.41, 5.74) is 4.31. The van der Waals surface area contributed by atoms with Crippen LogP contribution in [0.5, 0.6) is 0 Å². The second-order valence-electron chi connectivity index (χ2n) is 7.81. The summed E-state index contributed by atoms with van der Waals surface area (Å²) in [7, 11) is 0.567. The predicted octanol–water partition coefficient (Wildman–Crippen LogP) is 1.93. The third-order valence-corrected chi connectivity index (χ3v) is 5.47. The zero-order valence-electron chi connectivity index (χ0n) is 14.4. The summed E-state index contributed by atoms with van der Waals surface area (Å²) in [5, 5.41) is 10.2. The van der Waals surface area contributed by atoms with Crippen molar-refractivity contribution in [3.05, 3.63) is 23.3 Å². The lowest BCUT2D eigenvalue weighted by Gasteiger charge is -2.39. The Hall–Kier alpha value is -0.995. The van der Waals surface area contributed by atoms with Gasteiger partial charge in [0.1, 0.15) is 0 Å². The van der Waals surface area contributed by atoms with Gasteiger partial charge in [0.25, 0.3) is 0 Å². The second-order valence-corrected chi connectivity index (χ2v) is 7.81. The predicted molar refractivity (Wildman–Crippen MR) is 93.5 cm³/mol. The first-order valence-electron chi connectivity index (χ1n) is 8.54. The van der Waals surface area contributed by atoms with Crippen molar-refractivity contribution in [2.75, 3.05) is 18.0 Å². The van der Waals surface area contributed by atoms with E-state index in [9.17, 15) is 5.11 Å². The number of aliphatic hydroxyl groups is 1. The Kier molecular flexibility index (Phi) is 4.02. The number of benzene rings is 1. The van der Waals surface area contributed by atoms with Gasteiger partial charge in [-0.25, -0.2) is 0 Å². The van der Waals surface area contributed by atoms with Gasteiger partial charge in [-0.3, -0.25) is 0 Å². The molecule has 4 heteroatoms. The topological polar surface area (TPSA) is 32.7 Å². The van der Waals surface area contributed by atoms with E-state index in [-0.39, 0.29) is 0 Å². The summed E-state index contributed by atoms with van der Waals surface area (Å²) >= 11 is 0. The molecule has 3 nitrogen and oxygen atoms in total. The van der Waals surface area contributed by atoms with E-state index in [4.69, 9.17) is 4.65 Å². The van der Waals surface area contributed by atoms with Crippen LogP contribution in [0.2, 0.25) is 0 Å². The fourth-order valence-corrected chi connectivity index (χ4v) is 3.40. The van der Waals surface area contributed by atoms with Gasteiger partial charge in [0, 0.05) is 18.8 Å². The maximum atomic E-state index is 10.2. The Labute approximate surface area is 134 Å². The molecule has 0 unspecified atom stereocenters. The van der Waals surface area contributed by atoms with Gasteiger partial charge in [-0.1, -0.05) is 17.6 Å². The summed E-state index contributed by atoms with van der Waals surface area (Å²) in [6.07, 6.45) is 4.88. The fraction of sp³-hybridized carbons (Fsp3) is 0.667. The van der Waals surface area contributed by atoms with Crippen LogP contribution in [-0.4, -0.2) is 36.9 Å². The molecule has 0 aliphatic carbocycles. The molecule has 2 aliphatic rings. The zero-order chi connectivity index (χ0) is 16.0. The molecule has 0 radical (unpaired) electrons. The van der Waals surface area contributed by atoms with Crippen molar-refractivity contribution in [2.24, 2.45) is 0 Å². The van der Waals surface area contributed by atoms with Gasteiger partial charge in [-0.15, -0.1) is 0 Å². The van der Waals surface area contributed by atoms with Gasteiger partial charge in [-0.2, -0.15) is 0 Å². The molecule has 22 heavy (non-hydrogen) atoms. The van der Waals surface area contributed by atoms with Crippen molar-refractivity contribution in [3.63, 3.8) is 0 Å². The minimum atomic E-state index is -0.855. The Morgan fingerprint density at radius 1 is 1.05 bits per heavy atom. The van der Waals surface area contributed by atoms with Crippen molar-refractivity contribution in [1.29, 1.82) is 0 Å². The molecule has 1 aromatic carbocycles. The second kappa shape index (κ2) is 5.57. The first-order chi connectivity index (χ1) is 10.3. The van der Waals surface area contributed by atoms with Gasteiger partial charge in [0.05, 0.1) is 11.2 Å². The van der Waals surface area contributed by atoms with Crippen LogP contribution in [0.3, 0.4) is 0 Å². The minimum Gasteiger partial charge on any atom is -0.427 e. The van der Waals surface area contributed by atoms with Crippen LogP contribution in [0, 0.1) is 0 Å². The summed E-state index contributed by atoms with van der Waals surface area (Å²) in [6.45, 7) is 9.94. The Bertz CT molecular complexity index is 532. The first-order valence-corrected chi connectivity index (χ1v) is 8.54. The number of hydrogen-bond donors (Lipinski definition) is 1. The normalized spacial score (nSPS) is 18.1. The number of rotatable bonds is 4. The first kappa shape index (κ1) is 15.9. The maximum absolute atomic E-state index is 10.2. The third-order valence-electron chi connectivity index (χ3n) is 5.47. The molecule has 0 aromatic heterocycles. The molecule has 0 atom stereocenters. The van der Waals surface area contributed by atoms with Crippen molar-refractivity contribution in [2.45, 2.75) is 64.6 Å². The Balaban J connectivity index is 1.82. The van der Waals surface area contributed by atoms with Crippen LogP contribution < -0.4 is 10.4 Å². The van der Waals surface area contributed by atoms with Crippen LogP contribution in [0.15, 0.2) is 12.1 Å². The molecule has 0 saturated carbocycles. The zero-order valence-corrected chi connectivity index (χ0v) is 14.4. The molecule has 0 bridgehead atoms. The van der Waals surface area contributed by atoms with Gasteiger partial charge < -0.3 is 14.7 Å². The third kappa shape index (κ3) is 2.91. The largest absolute Gasteiger partial charge is 0.427 e. The molecule has 1 aromatic rings. The van der Waals surface area contributed by atoms with Gasteiger partial charge >= 0.3 is 7.48 Å². The van der Waals surface area contributed by atoms with E-state index in [1.54, 1.807) is 0 Å². The molecular formula is C18H28BNO2. The van der Waals surface area contributed by atoms with Crippen molar-refractivity contribution >= 4 is 18.6 Å². The monoisotopic (exact) mass is 301 g/mol. The summed E-state index contributed by atoms with van der Waals surface area (Å²) in [4.78, 5) is 2.56. The molecule has 3 rings (SSSR count). The average molecular weight is 301 g/mol. The summed E-state index contributed by atoms with van der Waals surface area (Å²) in [6, 6.07) is 4.63. The molecule has 2 heterocycles. The van der Waals surface area contributed by atoms with Crippen LogP contribution >= 0.6 is 0 Å². The van der Waals surface area contributed by atoms with Gasteiger partial charge in [-0.05, 0) is 64.5 Å². The highest BCUT2D eigenvalue weighted by atomic mass is 16.5. The van der Waals surface area contributed by atoms with E-state index in [2.05, 4.69) is 17.0 Å². The standard InChI is InChI=1S/C18H28BNO2/c1-17(2,21)18(3,4)22-19-15-11-13-7-5-9-20-10-6-8-14(12-15)16(13)20/h11-12,19,21H,5-10H2,1-4H3. The number of anilines is 1. The van der Waals surface area contributed by atoms with Crippen LogP contribution in [0.4, 0.5) is 5.69 Å². The van der Waals surface area contributed by atoms with E-state index in [0.29, 0.717) is 7.48 Å². The van der Waals surface area contributed by atoms with E-state index >= 15 is 0 Å². The average Bonchev–Trinajstić information content (AvgIpc) is 2.45. The SMILES string of the molecule is CC(C)(O)C(C)(C)OBc1cc2c3c(c1)CCCN3CCC2. The lowest BCUT2D eigenvalue weighted by atomic mass is 9.79. The molecule has 0 spiro atoms.